The van der Waals surface area contributed by atoms with Crippen LogP contribution < -0.4 is 5.73 Å². The number of nitrogens with two attached hydrogens (primary N) is 1. The van der Waals surface area contributed by atoms with Gasteiger partial charge in [0.05, 0.1) is 0 Å². The number of piperidine rings is 1. The summed E-state index contributed by atoms with van der Waals surface area (Å²) >= 11 is 0. The average molecular weight is 288 g/mol. The van der Waals surface area contributed by atoms with Crippen molar-refractivity contribution in [2.24, 2.45) is 17.6 Å². The summed E-state index contributed by atoms with van der Waals surface area (Å²) < 4.78 is 0. The highest BCUT2D eigenvalue weighted by atomic mass is 15.1. The molecule has 2 N–H and O–H groups in total. The van der Waals surface area contributed by atoms with Gasteiger partial charge in [-0.1, -0.05) is 43.2 Å². The smallest absolute Gasteiger partial charge is 0.0307 e. The molecule has 0 amide bonds. The maximum Gasteiger partial charge on any atom is 0.0307 e. The van der Waals surface area contributed by atoms with Crippen LogP contribution in [0.2, 0.25) is 0 Å². The molecule has 118 valence electrons. The molecular formula is C19H32N2. The second kappa shape index (κ2) is 7.42. The van der Waals surface area contributed by atoms with E-state index >= 15 is 0 Å². The minimum absolute atomic E-state index is 0.173. The van der Waals surface area contributed by atoms with E-state index in [2.05, 4.69) is 50.8 Å². The van der Waals surface area contributed by atoms with E-state index in [1.165, 1.54) is 42.6 Å². The van der Waals surface area contributed by atoms with E-state index in [1.54, 1.807) is 0 Å². The van der Waals surface area contributed by atoms with Gasteiger partial charge in [0.15, 0.2) is 0 Å². The van der Waals surface area contributed by atoms with E-state index in [0.717, 1.165) is 24.8 Å². The van der Waals surface area contributed by atoms with Crippen LogP contribution in [-0.4, -0.2) is 24.5 Å². The SMILES string of the molecule is Cc1cc(C)cc(C(N)CCN2CCC(C(C)C)CC2)c1. The fourth-order valence-electron chi connectivity index (χ4n) is 3.56. The summed E-state index contributed by atoms with van der Waals surface area (Å²) in [6.07, 6.45) is 3.78. The minimum Gasteiger partial charge on any atom is -0.324 e. The summed E-state index contributed by atoms with van der Waals surface area (Å²) in [7, 11) is 0. The van der Waals surface area contributed by atoms with Crippen LogP contribution in [0, 0.1) is 25.7 Å². The second-order valence-electron chi connectivity index (χ2n) is 7.24. The lowest BCUT2D eigenvalue weighted by Crippen LogP contribution is -2.36. The van der Waals surface area contributed by atoms with E-state index in [4.69, 9.17) is 5.73 Å². The molecule has 1 unspecified atom stereocenters. The molecule has 0 saturated carbocycles. The summed E-state index contributed by atoms with van der Waals surface area (Å²) in [5.41, 5.74) is 10.3. The molecule has 0 aliphatic carbocycles. The largest absolute Gasteiger partial charge is 0.324 e. The highest BCUT2D eigenvalue weighted by Gasteiger charge is 2.21. The molecule has 21 heavy (non-hydrogen) atoms. The van der Waals surface area contributed by atoms with Crippen LogP contribution >= 0.6 is 0 Å². The highest BCUT2D eigenvalue weighted by molar-refractivity contribution is 5.30. The number of likely N-dealkylation sites (tertiary alicyclic amines) is 1. The topological polar surface area (TPSA) is 29.3 Å². The Hall–Kier alpha value is -0.860. The Morgan fingerprint density at radius 3 is 2.19 bits per heavy atom. The van der Waals surface area contributed by atoms with Gasteiger partial charge in [-0.3, -0.25) is 0 Å². The van der Waals surface area contributed by atoms with Crippen LogP contribution in [0.1, 0.15) is 55.8 Å². The average Bonchev–Trinajstić information content (AvgIpc) is 2.44. The summed E-state index contributed by atoms with van der Waals surface area (Å²) in [4.78, 5) is 2.60. The molecule has 1 saturated heterocycles. The van der Waals surface area contributed by atoms with E-state index in [-0.39, 0.29) is 6.04 Å². The van der Waals surface area contributed by atoms with Gasteiger partial charge in [-0.25, -0.2) is 0 Å². The molecule has 1 atom stereocenters. The molecule has 1 heterocycles. The third kappa shape index (κ3) is 4.82. The van der Waals surface area contributed by atoms with Gasteiger partial charge >= 0.3 is 0 Å². The molecule has 0 spiro atoms. The first-order valence-electron chi connectivity index (χ1n) is 8.52. The zero-order valence-electron chi connectivity index (χ0n) is 14.2. The van der Waals surface area contributed by atoms with E-state index in [9.17, 15) is 0 Å². The van der Waals surface area contributed by atoms with E-state index < -0.39 is 0 Å². The predicted octanol–water partition coefficient (Wildman–Crippen LogP) is 4.06. The van der Waals surface area contributed by atoms with Crippen LogP contribution in [0.25, 0.3) is 0 Å². The zero-order valence-corrected chi connectivity index (χ0v) is 14.2. The van der Waals surface area contributed by atoms with Gasteiger partial charge in [-0.2, -0.15) is 0 Å². The van der Waals surface area contributed by atoms with Crippen LogP contribution in [-0.2, 0) is 0 Å². The van der Waals surface area contributed by atoms with Crippen LogP contribution in [0.3, 0.4) is 0 Å². The normalized spacial score (nSPS) is 19.1. The first kappa shape index (κ1) is 16.5. The summed E-state index contributed by atoms with van der Waals surface area (Å²) in [6, 6.07) is 6.87. The Kier molecular flexibility index (Phi) is 5.83. The summed E-state index contributed by atoms with van der Waals surface area (Å²) in [6.45, 7) is 12.7. The maximum absolute atomic E-state index is 6.40. The van der Waals surface area contributed by atoms with Gasteiger partial charge in [-0.05, 0) is 70.1 Å². The van der Waals surface area contributed by atoms with Crippen molar-refractivity contribution < 1.29 is 0 Å². The molecule has 1 aliphatic heterocycles. The van der Waals surface area contributed by atoms with E-state index in [0.29, 0.717) is 0 Å². The monoisotopic (exact) mass is 288 g/mol. The number of benzene rings is 1. The number of aryl methyl sites for hydroxylation is 2. The van der Waals surface area contributed by atoms with Gasteiger partial charge in [0.1, 0.15) is 0 Å². The van der Waals surface area contributed by atoms with Gasteiger partial charge in [0.25, 0.3) is 0 Å². The predicted molar refractivity (Wildman–Crippen MR) is 91.5 cm³/mol. The van der Waals surface area contributed by atoms with Gasteiger partial charge in [0, 0.05) is 6.04 Å². The quantitative estimate of drug-likeness (QED) is 0.885. The Labute approximate surface area is 130 Å². The van der Waals surface area contributed by atoms with Crippen molar-refractivity contribution in [3.05, 3.63) is 34.9 Å². The first-order chi connectivity index (χ1) is 9.95. The Bertz CT molecular complexity index is 425. The number of hydrogen-bond acceptors (Lipinski definition) is 2. The van der Waals surface area contributed by atoms with Crippen molar-refractivity contribution in [1.29, 1.82) is 0 Å². The van der Waals surface area contributed by atoms with Crippen molar-refractivity contribution in [3.63, 3.8) is 0 Å². The molecule has 0 aromatic heterocycles. The van der Waals surface area contributed by atoms with Gasteiger partial charge in [0.2, 0.25) is 0 Å². The van der Waals surface area contributed by atoms with Crippen molar-refractivity contribution in [1.82, 2.24) is 4.90 Å². The Morgan fingerprint density at radius 2 is 1.67 bits per heavy atom. The molecule has 1 fully saturated rings. The molecule has 2 rings (SSSR count). The van der Waals surface area contributed by atoms with Crippen molar-refractivity contribution >= 4 is 0 Å². The molecule has 0 bridgehead atoms. The second-order valence-corrected chi connectivity index (χ2v) is 7.24. The maximum atomic E-state index is 6.40. The zero-order chi connectivity index (χ0) is 15.4. The third-order valence-electron chi connectivity index (χ3n) is 5.00. The number of rotatable bonds is 5. The highest BCUT2D eigenvalue weighted by Crippen LogP contribution is 2.25. The fraction of sp³-hybridized carbons (Fsp3) is 0.684. The summed E-state index contributed by atoms with van der Waals surface area (Å²) in [5, 5.41) is 0. The van der Waals surface area contributed by atoms with Gasteiger partial charge in [-0.15, -0.1) is 0 Å². The molecule has 1 aromatic rings. The minimum atomic E-state index is 0.173. The lowest BCUT2D eigenvalue weighted by Gasteiger charge is -2.34. The Morgan fingerprint density at radius 1 is 1.10 bits per heavy atom. The molecule has 2 nitrogen and oxygen atoms in total. The first-order valence-corrected chi connectivity index (χ1v) is 8.52. The molecular weight excluding hydrogens is 256 g/mol. The Balaban J connectivity index is 1.80. The molecule has 0 radical (unpaired) electrons. The van der Waals surface area contributed by atoms with Crippen molar-refractivity contribution in [2.75, 3.05) is 19.6 Å². The lowest BCUT2D eigenvalue weighted by molar-refractivity contribution is 0.154. The molecule has 1 aromatic carbocycles. The van der Waals surface area contributed by atoms with Crippen LogP contribution in [0.4, 0.5) is 0 Å². The van der Waals surface area contributed by atoms with Crippen molar-refractivity contribution in [2.45, 2.75) is 53.0 Å². The van der Waals surface area contributed by atoms with E-state index in [1.807, 2.05) is 0 Å². The fourth-order valence-corrected chi connectivity index (χ4v) is 3.56. The number of hydrogen-bond donors (Lipinski definition) is 1. The van der Waals surface area contributed by atoms with Crippen molar-refractivity contribution in [3.8, 4) is 0 Å². The number of nitrogens with zero attached hydrogens (tertiary/aromatic N) is 1. The summed E-state index contributed by atoms with van der Waals surface area (Å²) in [5.74, 6) is 1.76. The lowest BCUT2D eigenvalue weighted by atomic mass is 9.86. The third-order valence-corrected chi connectivity index (χ3v) is 5.00. The van der Waals surface area contributed by atoms with Crippen LogP contribution in [0.15, 0.2) is 18.2 Å². The molecule has 1 aliphatic rings. The molecule has 2 heteroatoms. The van der Waals surface area contributed by atoms with Crippen LogP contribution in [0.5, 0.6) is 0 Å². The standard InChI is InChI=1S/C19H32N2/c1-14(2)17-5-8-21(9-6-17)10-7-19(20)18-12-15(3)11-16(4)13-18/h11-14,17,19H,5-10,20H2,1-4H3. The van der Waals surface area contributed by atoms with Gasteiger partial charge < -0.3 is 10.6 Å².